The number of rotatable bonds is 4. The van der Waals surface area contributed by atoms with Crippen molar-refractivity contribution < 1.29 is 14.3 Å². The lowest BCUT2D eigenvalue weighted by Crippen LogP contribution is -2.04. The second-order valence-corrected chi connectivity index (χ2v) is 3.77. The Balaban J connectivity index is 2.39. The first-order valence-electron chi connectivity index (χ1n) is 5.42. The van der Waals surface area contributed by atoms with Gasteiger partial charge in [-0.15, -0.1) is 0 Å². The van der Waals surface area contributed by atoms with E-state index in [1.165, 1.54) is 7.11 Å². The van der Waals surface area contributed by atoms with E-state index in [0.29, 0.717) is 12.2 Å². The van der Waals surface area contributed by atoms with Gasteiger partial charge < -0.3 is 14.0 Å². The lowest BCUT2D eigenvalue weighted by atomic mass is 10.1. The number of nitrogens with zero attached hydrogens (tertiary/aromatic N) is 1. The van der Waals surface area contributed by atoms with Crippen LogP contribution in [-0.4, -0.2) is 31.4 Å². The molecule has 0 N–H and O–H groups in total. The third-order valence-electron chi connectivity index (χ3n) is 2.73. The Hall–Kier alpha value is -1.81. The summed E-state index contributed by atoms with van der Waals surface area (Å²) in [4.78, 5) is 11.4. The van der Waals surface area contributed by atoms with Crippen LogP contribution in [0.3, 0.4) is 0 Å². The molecule has 4 heteroatoms. The van der Waals surface area contributed by atoms with E-state index in [0.717, 1.165) is 17.4 Å². The number of carbonyl (C=O) groups is 1. The van der Waals surface area contributed by atoms with Crippen LogP contribution in [0, 0.1) is 0 Å². The zero-order chi connectivity index (χ0) is 12.3. The monoisotopic (exact) mass is 233 g/mol. The summed E-state index contributed by atoms with van der Waals surface area (Å²) in [7, 11) is 3.06. The summed E-state index contributed by atoms with van der Waals surface area (Å²) in [6, 6.07) is 7.56. The van der Waals surface area contributed by atoms with Crippen LogP contribution in [0.25, 0.3) is 10.9 Å². The number of hydrogen-bond donors (Lipinski definition) is 0. The fourth-order valence-corrected chi connectivity index (χ4v) is 1.81. The van der Waals surface area contributed by atoms with Gasteiger partial charge in [0.2, 0.25) is 0 Å². The van der Waals surface area contributed by atoms with Gasteiger partial charge in [0, 0.05) is 25.4 Å². The van der Waals surface area contributed by atoms with Crippen molar-refractivity contribution in [2.45, 2.75) is 6.54 Å². The molecule has 0 aliphatic rings. The Morgan fingerprint density at radius 2 is 2.12 bits per heavy atom. The van der Waals surface area contributed by atoms with E-state index < -0.39 is 0 Å². The molecule has 0 fully saturated rings. The molecule has 0 atom stereocenters. The van der Waals surface area contributed by atoms with Gasteiger partial charge in [-0.1, -0.05) is 6.07 Å². The molecule has 0 saturated heterocycles. The highest BCUT2D eigenvalue weighted by atomic mass is 16.5. The largest absolute Gasteiger partial charge is 0.465 e. The quantitative estimate of drug-likeness (QED) is 0.759. The molecule has 17 heavy (non-hydrogen) atoms. The van der Waals surface area contributed by atoms with Crippen molar-refractivity contribution >= 4 is 16.9 Å². The Morgan fingerprint density at radius 3 is 2.82 bits per heavy atom. The van der Waals surface area contributed by atoms with Crippen LogP contribution >= 0.6 is 0 Å². The molecular formula is C13H15NO3. The smallest absolute Gasteiger partial charge is 0.337 e. The third kappa shape index (κ3) is 2.31. The minimum atomic E-state index is -0.314. The van der Waals surface area contributed by atoms with Crippen molar-refractivity contribution in [2.24, 2.45) is 0 Å². The molecule has 2 aromatic rings. The van der Waals surface area contributed by atoms with E-state index in [-0.39, 0.29) is 5.97 Å². The maximum atomic E-state index is 11.4. The average molecular weight is 233 g/mol. The fourth-order valence-electron chi connectivity index (χ4n) is 1.81. The summed E-state index contributed by atoms with van der Waals surface area (Å²) >= 11 is 0. The maximum absolute atomic E-state index is 11.4. The summed E-state index contributed by atoms with van der Waals surface area (Å²) in [5.74, 6) is -0.314. The number of methoxy groups -OCH3 is 2. The topological polar surface area (TPSA) is 40.5 Å². The van der Waals surface area contributed by atoms with Gasteiger partial charge in [-0.05, 0) is 23.6 Å². The van der Waals surface area contributed by atoms with Gasteiger partial charge in [-0.2, -0.15) is 0 Å². The predicted molar refractivity (Wildman–Crippen MR) is 65.2 cm³/mol. The first-order valence-corrected chi connectivity index (χ1v) is 5.42. The van der Waals surface area contributed by atoms with Gasteiger partial charge in [0.05, 0.1) is 19.3 Å². The standard InChI is InChI=1S/C13H15NO3/c1-16-8-7-14-6-5-10-3-4-11(9-12(10)14)13(15)17-2/h3-6,9H,7-8H2,1-2H3. The van der Waals surface area contributed by atoms with Gasteiger partial charge in [0.15, 0.2) is 0 Å². The minimum Gasteiger partial charge on any atom is -0.465 e. The van der Waals surface area contributed by atoms with Gasteiger partial charge in [0.25, 0.3) is 0 Å². The Morgan fingerprint density at radius 1 is 1.29 bits per heavy atom. The highest BCUT2D eigenvalue weighted by Crippen LogP contribution is 2.18. The number of hydrogen-bond acceptors (Lipinski definition) is 3. The Kier molecular flexibility index (Phi) is 3.44. The highest BCUT2D eigenvalue weighted by Gasteiger charge is 2.08. The Bertz CT molecular complexity index is 530. The molecule has 0 bridgehead atoms. The first kappa shape index (κ1) is 11.7. The number of aromatic nitrogens is 1. The van der Waals surface area contributed by atoms with Crippen LogP contribution in [0.4, 0.5) is 0 Å². The van der Waals surface area contributed by atoms with Crippen LogP contribution in [0.15, 0.2) is 30.5 Å². The van der Waals surface area contributed by atoms with Gasteiger partial charge in [-0.25, -0.2) is 4.79 Å². The summed E-state index contributed by atoms with van der Waals surface area (Å²) in [5, 5.41) is 1.11. The Labute approximate surface area is 99.7 Å². The van der Waals surface area contributed by atoms with Gasteiger partial charge >= 0.3 is 5.97 Å². The van der Waals surface area contributed by atoms with E-state index in [1.807, 2.05) is 24.4 Å². The number of esters is 1. The fraction of sp³-hybridized carbons (Fsp3) is 0.308. The summed E-state index contributed by atoms with van der Waals surface area (Å²) in [6.45, 7) is 1.41. The molecule has 1 aromatic carbocycles. The molecule has 1 aromatic heterocycles. The zero-order valence-corrected chi connectivity index (χ0v) is 9.97. The molecular weight excluding hydrogens is 218 g/mol. The lowest BCUT2D eigenvalue weighted by molar-refractivity contribution is 0.0601. The molecule has 2 rings (SSSR count). The van der Waals surface area contributed by atoms with E-state index in [2.05, 4.69) is 4.57 Å². The van der Waals surface area contributed by atoms with E-state index in [1.54, 1.807) is 13.2 Å². The van der Waals surface area contributed by atoms with Crippen molar-refractivity contribution in [3.8, 4) is 0 Å². The number of benzene rings is 1. The van der Waals surface area contributed by atoms with Crippen molar-refractivity contribution in [3.05, 3.63) is 36.0 Å². The van der Waals surface area contributed by atoms with E-state index in [4.69, 9.17) is 9.47 Å². The second kappa shape index (κ2) is 5.01. The summed E-state index contributed by atoms with van der Waals surface area (Å²) in [6.07, 6.45) is 1.99. The molecule has 90 valence electrons. The van der Waals surface area contributed by atoms with E-state index in [9.17, 15) is 4.79 Å². The van der Waals surface area contributed by atoms with Crippen molar-refractivity contribution in [2.75, 3.05) is 20.8 Å². The number of carbonyl (C=O) groups excluding carboxylic acids is 1. The average Bonchev–Trinajstić information content (AvgIpc) is 2.77. The third-order valence-corrected chi connectivity index (χ3v) is 2.73. The summed E-state index contributed by atoms with van der Waals surface area (Å²) in [5.41, 5.74) is 1.59. The van der Waals surface area contributed by atoms with Crippen LogP contribution in [0.5, 0.6) is 0 Å². The predicted octanol–water partition coefficient (Wildman–Crippen LogP) is 2.07. The maximum Gasteiger partial charge on any atom is 0.337 e. The van der Waals surface area contributed by atoms with Gasteiger partial charge in [0.1, 0.15) is 0 Å². The van der Waals surface area contributed by atoms with Crippen LogP contribution < -0.4 is 0 Å². The molecule has 0 aliphatic heterocycles. The normalized spacial score (nSPS) is 10.7. The minimum absolute atomic E-state index is 0.314. The van der Waals surface area contributed by atoms with Crippen LogP contribution in [0.1, 0.15) is 10.4 Å². The number of ether oxygens (including phenoxy) is 2. The van der Waals surface area contributed by atoms with Crippen molar-refractivity contribution in [1.82, 2.24) is 4.57 Å². The first-order chi connectivity index (χ1) is 8.26. The van der Waals surface area contributed by atoms with Crippen LogP contribution in [-0.2, 0) is 16.0 Å². The summed E-state index contributed by atoms with van der Waals surface area (Å²) < 4.78 is 11.8. The molecule has 0 spiro atoms. The molecule has 0 radical (unpaired) electrons. The van der Waals surface area contributed by atoms with Gasteiger partial charge in [-0.3, -0.25) is 0 Å². The second-order valence-electron chi connectivity index (χ2n) is 3.77. The molecule has 0 saturated carbocycles. The molecule has 4 nitrogen and oxygen atoms in total. The van der Waals surface area contributed by atoms with Crippen LogP contribution in [0.2, 0.25) is 0 Å². The SMILES string of the molecule is COCCn1ccc2ccc(C(=O)OC)cc21. The molecule has 0 unspecified atom stereocenters. The zero-order valence-electron chi connectivity index (χ0n) is 9.97. The van der Waals surface area contributed by atoms with Crippen molar-refractivity contribution in [1.29, 1.82) is 0 Å². The number of fused-ring (bicyclic) bond motifs is 1. The molecule has 1 heterocycles. The highest BCUT2D eigenvalue weighted by molar-refractivity contribution is 5.94. The van der Waals surface area contributed by atoms with E-state index >= 15 is 0 Å². The van der Waals surface area contributed by atoms with Crippen molar-refractivity contribution in [3.63, 3.8) is 0 Å². The molecule has 0 aliphatic carbocycles. The molecule has 0 amide bonds. The lowest BCUT2D eigenvalue weighted by Gasteiger charge is -2.05.